The van der Waals surface area contributed by atoms with Gasteiger partial charge in [-0.05, 0) is 37.8 Å². The summed E-state index contributed by atoms with van der Waals surface area (Å²) in [6.07, 6.45) is 5.41. The lowest BCUT2D eigenvalue weighted by Crippen LogP contribution is -2.44. The van der Waals surface area contributed by atoms with Crippen molar-refractivity contribution in [2.24, 2.45) is 5.73 Å². The highest BCUT2D eigenvalue weighted by atomic mass is 16.3. The predicted octanol–water partition coefficient (Wildman–Crippen LogP) is 0.917. The number of carbonyl (C=O) groups is 1. The molecular weight excluding hydrogens is 242 g/mol. The van der Waals surface area contributed by atoms with Crippen LogP contribution in [0.3, 0.4) is 0 Å². The molecule has 1 saturated heterocycles. The van der Waals surface area contributed by atoms with E-state index in [1.54, 1.807) is 18.3 Å². The van der Waals surface area contributed by atoms with Gasteiger partial charge in [0.25, 0.3) is 5.91 Å². The van der Waals surface area contributed by atoms with Gasteiger partial charge in [0, 0.05) is 37.5 Å². The third-order valence-corrected chi connectivity index (χ3v) is 3.62. The molecule has 1 fully saturated rings. The summed E-state index contributed by atoms with van der Waals surface area (Å²) in [6, 6.07) is 3.64. The van der Waals surface area contributed by atoms with Crippen LogP contribution in [-0.4, -0.2) is 40.1 Å². The molecule has 1 atom stereocenters. The predicted molar refractivity (Wildman–Crippen MR) is 72.5 cm³/mol. The van der Waals surface area contributed by atoms with E-state index in [4.69, 9.17) is 10.8 Å². The molecule has 0 aromatic carbocycles. The van der Waals surface area contributed by atoms with E-state index in [0.717, 1.165) is 31.5 Å². The highest BCUT2D eigenvalue weighted by molar-refractivity contribution is 5.94. The molecule has 1 amide bonds. The number of amides is 1. The highest BCUT2D eigenvalue weighted by Gasteiger charge is 2.27. The Balaban J connectivity index is 2.16. The molecule has 0 bridgehead atoms. The Morgan fingerprint density at radius 1 is 1.53 bits per heavy atom. The van der Waals surface area contributed by atoms with Crippen molar-refractivity contribution in [1.29, 1.82) is 0 Å². The summed E-state index contributed by atoms with van der Waals surface area (Å²) in [5.74, 6) is 0.0234. The lowest BCUT2D eigenvalue weighted by atomic mass is 9.98. The zero-order valence-electron chi connectivity index (χ0n) is 11.1. The first kappa shape index (κ1) is 14.0. The number of pyridine rings is 1. The molecule has 1 unspecified atom stereocenters. The minimum absolute atomic E-state index is 0.0234. The van der Waals surface area contributed by atoms with E-state index in [1.165, 1.54) is 0 Å². The lowest BCUT2D eigenvalue weighted by Gasteiger charge is -2.35. The molecule has 5 heteroatoms. The molecule has 1 aromatic heterocycles. The maximum Gasteiger partial charge on any atom is 0.254 e. The maximum atomic E-state index is 12.5. The maximum absolute atomic E-state index is 12.5. The summed E-state index contributed by atoms with van der Waals surface area (Å²) >= 11 is 0. The van der Waals surface area contributed by atoms with Crippen LogP contribution in [0.5, 0.6) is 0 Å². The number of carbonyl (C=O) groups excluding carboxylic acids is 1. The van der Waals surface area contributed by atoms with Crippen LogP contribution in [-0.2, 0) is 6.54 Å². The Morgan fingerprint density at radius 2 is 2.37 bits per heavy atom. The molecule has 1 aliphatic heterocycles. The third-order valence-electron chi connectivity index (χ3n) is 3.62. The van der Waals surface area contributed by atoms with Gasteiger partial charge in [-0.25, -0.2) is 0 Å². The van der Waals surface area contributed by atoms with Crippen molar-refractivity contribution in [3.63, 3.8) is 0 Å². The van der Waals surface area contributed by atoms with Gasteiger partial charge < -0.3 is 15.7 Å². The minimum Gasteiger partial charge on any atom is -0.396 e. The quantitative estimate of drug-likeness (QED) is 0.846. The van der Waals surface area contributed by atoms with E-state index >= 15 is 0 Å². The van der Waals surface area contributed by atoms with Gasteiger partial charge in [-0.2, -0.15) is 0 Å². The molecule has 0 saturated carbocycles. The molecule has 2 rings (SSSR count). The number of rotatable bonds is 4. The average molecular weight is 263 g/mol. The molecule has 0 radical (unpaired) electrons. The van der Waals surface area contributed by atoms with Gasteiger partial charge in [-0.3, -0.25) is 9.78 Å². The van der Waals surface area contributed by atoms with Gasteiger partial charge in [0.2, 0.25) is 0 Å². The number of aliphatic hydroxyl groups excluding tert-OH is 1. The fourth-order valence-corrected chi connectivity index (χ4v) is 2.61. The van der Waals surface area contributed by atoms with Gasteiger partial charge in [-0.15, -0.1) is 0 Å². The minimum atomic E-state index is 0.0234. The molecular formula is C14H21N3O2. The number of hydrogen-bond donors (Lipinski definition) is 2. The van der Waals surface area contributed by atoms with Crippen molar-refractivity contribution in [3.8, 4) is 0 Å². The summed E-state index contributed by atoms with van der Waals surface area (Å²) < 4.78 is 0. The molecule has 5 nitrogen and oxygen atoms in total. The third kappa shape index (κ3) is 3.30. The van der Waals surface area contributed by atoms with Gasteiger partial charge in [-0.1, -0.05) is 0 Å². The second-order valence-electron chi connectivity index (χ2n) is 4.90. The SMILES string of the molecule is NCc1cc(C(=O)N2CCCCC2CCO)ccn1. The fourth-order valence-electron chi connectivity index (χ4n) is 2.61. The number of nitrogens with two attached hydrogens (primary N) is 1. The van der Waals surface area contributed by atoms with Crippen molar-refractivity contribution in [1.82, 2.24) is 9.88 Å². The first-order chi connectivity index (χ1) is 9.26. The summed E-state index contributed by atoms with van der Waals surface area (Å²) in [4.78, 5) is 18.5. The van der Waals surface area contributed by atoms with E-state index in [9.17, 15) is 4.79 Å². The smallest absolute Gasteiger partial charge is 0.254 e. The molecule has 1 aromatic rings. The Morgan fingerprint density at radius 3 is 3.11 bits per heavy atom. The van der Waals surface area contributed by atoms with Crippen LogP contribution in [0.4, 0.5) is 0 Å². The largest absolute Gasteiger partial charge is 0.396 e. The number of nitrogens with zero attached hydrogens (tertiary/aromatic N) is 2. The Labute approximate surface area is 113 Å². The first-order valence-corrected chi connectivity index (χ1v) is 6.83. The van der Waals surface area contributed by atoms with Gasteiger partial charge in [0.1, 0.15) is 0 Å². The zero-order chi connectivity index (χ0) is 13.7. The fraction of sp³-hybridized carbons (Fsp3) is 0.571. The van der Waals surface area contributed by atoms with Crippen molar-refractivity contribution < 1.29 is 9.90 Å². The highest BCUT2D eigenvalue weighted by Crippen LogP contribution is 2.21. The number of piperidine rings is 1. The Hall–Kier alpha value is -1.46. The molecule has 2 heterocycles. The standard InChI is InChI=1S/C14H21N3O2/c15-10-12-9-11(4-6-16-12)14(19)17-7-2-1-3-13(17)5-8-18/h4,6,9,13,18H,1-3,5,7-8,10,15H2. The number of likely N-dealkylation sites (tertiary alicyclic amines) is 1. The summed E-state index contributed by atoms with van der Waals surface area (Å²) in [5, 5.41) is 9.11. The van der Waals surface area contributed by atoms with Crippen molar-refractivity contribution >= 4 is 5.91 Å². The number of hydrogen-bond acceptors (Lipinski definition) is 4. The van der Waals surface area contributed by atoms with Gasteiger partial charge in [0.05, 0.1) is 5.69 Å². The molecule has 19 heavy (non-hydrogen) atoms. The van der Waals surface area contributed by atoms with Crippen LogP contribution in [0.1, 0.15) is 41.7 Å². The van der Waals surface area contributed by atoms with Gasteiger partial charge in [0.15, 0.2) is 0 Å². The van der Waals surface area contributed by atoms with Crippen LogP contribution in [0, 0.1) is 0 Å². The lowest BCUT2D eigenvalue weighted by molar-refractivity contribution is 0.0574. The summed E-state index contributed by atoms with van der Waals surface area (Å²) in [5.41, 5.74) is 6.91. The van der Waals surface area contributed by atoms with Crippen LogP contribution >= 0.6 is 0 Å². The van der Waals surface area contributed by atoms with Crippen LogP contribution in [0.25, 0.3) is 0 Å². The average Bonchev–Trinajstić information content (AvgIpc) is 2.47. The van der Waals surface area contributed by atoms with Crippen molar-refractivity contribution in [2.75, 3.05) is 13.2 Å². The zero-order valence-corrected chi connectivity index (χ0v) is 11.1. The molecule has 0 spiro atoms. The van der Waals surface area contributed by atoms with E-state index in [0.29, 0.717) is 18.5 Å². The molecule has 0 aliphatic carbocycles. The van der Waals surface area contributed by atoms with Crippen LogP contribution < -0.4 is 5.73 Å². The molecule has 104 valence electrons. The second kappa shape index (κ2) is 6.63. The summed E-state index contributed by atoms with van der Waals surface area (Å²) in [7, 11) is 0. The normalized spacial score (nSPS) is 19.5. The van der Waals surface area contributed by atoms with Crippen LogP contribution in [0.2, 0.25) is 0 Å². The summed E-state index contributed by atoms with van der Waals surface area (Å²) in [6.45, 7) is 1.23. The monoisotopic (exact) mass is 263 g/mol. The topological polar surface area (TPSA) is 79.5 Å². The van der Waals surface area contributed by atoms with E-state index in [1.807, 2.05) is 4.90 Å². The van der Waals surface area contributed by atoms with Crippen LogP contribution in [0.15, 0.2) is 18.3 Å². The molecule has 3 N–H and O–H groups in total. The first-order valence-electron chi connectivity index (χ1n) is 6.83. The van der Waals surface area contributed by atoms with Crippen molar-refractivity contribution in [3.05, 3.63) is 29.6 Å². The number of aromatic nitrogens is 1. The van der Waals surface area contributed by atoms with Crippen molar-refractivity contribution in [2.45, 2.75) is 38.3 Å². The second-order valence-corrected chi connectivity index (χ2v) is 4.90. The van der Waals surface area contributed by atoms with Gasteiger partial charge >= 0.3 is 0 Å². The Bertz CT molecular complexity index is 434. The van der Waals surface area contributed by atoms with E-state index < -0.39 is 0 Å². The van der Waals surface area contributed by atoms with E-state index in [-0.39, 0.29) is 18.6 Å². The Kier molecular flexibility index (Phi) is 4.87. The molecule has 1 aliphatic rings. The number of aliphatic hydroxyl groups is 1. The van der Waals surface area contributed by atoms with E-state index in [2.05, 4.69) is 4.98 Å².